The Morgan fingerprint density at radius 3 is 2.61 bits per heavy atom. The lowest BCUT2D eigenvalue weighted by Gasteiger charge is -2.40. The van der Waals surface area contributed by atoms with Crippen LogP contribution >= 0.6 is 11.3 Å². The van der Waals surface area contributed by atoms with Gasteiger partial charge in [-0.3, -0.25) is 0 Å². The van der Waals surface area contributed by atoms with Gasteiger partial charge in [-0.2, -0.15) is 0 Å². The fraction of sp³-hybridized carbons (Fsp3) is 0.800. The molecule has 1 saturated carbocycles. The van der Waals surface area contributed by atoms with Gasteiger partial charge >= 0.3 is 0 Å². The van der Waals surface area contributed by atoms with E-state index in [9.17, 15) is 0 Å². The molecule has 2 nitrogen and oxygen atoms in total. The van der Waals surface area contributed by atoms with Crippen molar-refractivity contribution in [1.29, 1.82) is 0 Å². The summed E-state index contributed by atoms with van der Waals surface area (Å²) < 4.78 is 0. The third-order valence-electron chi connectivity index (χ3n) is 4.31. The number of nitrogens with zero attached hydrogens (tertiary/aromatic N) is 1. The highest BCUT2D eigenvalue weighted by Gasteiger charge is 2.33. The maximum absolute atomic E-state index is 4.68. The second-order valence-corrected chi connectivity index (χ2v) is 7.76. The number of aromatic nitrogens is 1. The summed E-state index contributed by atoms with van der Waals surface area (Å²) in [6.45, 7) is 11.3. The van der Waals surface area contributed by atoms with Crippen molar-refractivity contribution in [3.05, 3.63) is 15.6 Å². The molecule has 1 aromatic rings. The minimum atomic E-state index is 0.373. The summed E-state index contributed by atoms with van der Waals surface area (Å²) in [4.78, 5) is 6.04. The minimum absolute atomic E-state index is 0.373. The Hall–Kier alpha value is -0.410. The first-order valence-electron chi connectivity index (χ1n) is 7.10. The summed E-state index contributed by atoms with van der Waals surface area (Å²) in [7, 11) is 0. The standard InChI is InChI=1S/C15H26N2S/c1-10(14-11(2)18-12(3)17-14)16-13-8-6-7-9-15(13,4)5/h10,13,16H,6-9H2,1-5H3. The van der Waals surface area contributed by atoms with E-state index in [1.807, 2.05) is 11.3 Å². The third-order valence-corrected chi connectivity index (χ3v) is 5.21. The molecule has 0 saturated heterocycles. The van der Waals surface area contributed by atoms with Crippen molar-refractivity contribution < 1.29 is 0 Å². The number of aryl methyl sites for hydroxylation is 2. The first kappa shape index (κ1) is 14.0. The highest BCUT2D eigenvalue weighted by Crippen LogP contribution is 2.37. The van der Waals surface area contributed by atoms with Crippen molar-refractivity contribution in [3.63, 3.8) is 0 Å². The van der Waals surface area contributed by atoms with Gasteiger partial charge in [0.05, 0.1) is 10.7 Å². The Bertz CT molecular complexity index is 409. The second kappa shape index (κ2) is 5.30. The van der Waals surface area contributed by atoms with Gasteiger partial charge in [-0.05, 0) is 39.0 Å². The van der Waals surface area contributed by atoms with Gasteiger partial charge in [0.1, 0.15) is 0 Å². The van der Waals surface area contributed by atoms with Crippen molar-refractivity contribution in [3.8, 4) is 0 Å². The largest absolute Gasteiger partial charge is 0.305 e. The van der Waals surface area contributed by atoms with E-state index >= 15 is 0 Å². The summed E-state index contributed by atoms with van der Waals surface area (Å²) in [6.07, 6.45) is 5.39. The molecule has 3 heteroatoms. The molecule has 0 bridgehead atoms. The zero-order valence-electron chi connectivity index (χ0n) is 12.3. The summed E-state index contributed by atoms with van der Waals surface area (Å²) in [5.74, 6) is 0. The van der Waals surface area contributed by atoms with Gasteiger partial charge in [0.25, 0.3) is 0 Å². The Kier molecular flexibility index (Phi) is 4.12. The number of nitrogens with one attached hydrogen (secondary N) is 1. The minimum Gasteiger partial charge on any atom is -0.305 e. The van der Waals surface area contributed by atoms with E-state index in [0.29, 0.717) is 17.5 Å². The van der Waals surface area contributed by atoms with Crippen LogP contribution in [0.4, 0.5) is 0 Å². The van der Waals surface area contributed by atoms with Crippen LogP contribution < -0.4 is 5.32 Å². The summed E-state index contributed by atoms with van der Waals surface area (Å²) >= 11 is 1.81. The Balaban J connectivity index is 2.06. The van der Waals surface area contributed by atoms with E-state index in [4.69, 9.17) is 0 Å². The van der Waals surface area contributed by atoms with E-state index in [1.54, 1.807) is 0 Å². The van der Waals surface area contributed by atoms with Gasteiger partial charge < -0.3 is 5.32 Å². The maximum Gasteiger partial charge on any atom is 0.0900 e. The summed E-state index contributed by atoms with van der Waals surface area (Å²) in [5, 5.41) is 5.00. The lowest BCUT2D eigenvalue weighted by atomic mass is 9.73. The molecule has 102 valence electrons. The molecule has 0 amide bonds. The maximum atomic E-state index is 4.68. The van der Waals surface area contributed by atoms with E-state index < -0.39 is 0 Å². The highest BCUT2D eigenvalue weighted by atomic mass is 32.1. The van der Waals surface area contributed by atoms with Crippen LogP contribution in [0.15, 0.2) is 0 Å². The number of hydrogen-bond acceptors (Lipinski definition) is 3. The molecule has 18 heavy (non-hydrogen) atoms. The van der Waals surface area contributed by atoms with Crippen molar-refractivity contribution in [2.75, 3.05) is 0 Å². The zero-order valence-corrected chi connectivity index (χ0v) is 13.2. The van der Waals surface area contributed by atoms with Crippen LogP contribution in [0.1, 0.15) is 68.1 Å². The van der Waals surface area contributed by atoms with Gasteiger partial charge in [0, 0.05) is 17.0 Å². The first-order chi connectivity index (χ1) is 8.40. The molecule has 1 heterocycles. The molecule has 1 aliphatic carbocycles. The molecule has 2 rings (SSSR count). The summed E-state index contributed by atoms with van der Waals surface area (Å²) in [5.41, 5.74) is 1.67. The predicted molar refractivity (Wildman–Crippen MR) is 79.2 cm³/mol. The van der Waals surface area contributed by atoms with E-state index in [-0.39, 0.29) is 0 Å². The number of thiazole rings is 1. The number of rotatable bonds is 3. The van der Waals surface area contributed by atoms with Crippen LogP contribution in [0, 0.1) is 19.3 Å². The average molecular weight is 266 g/mol. The van der Waals surface area contributed by atoms with Gasteiger partial charge in [0.2, 0.25) is 0 Å². The smallest absolute Gasteiger partial charge is 0.0900 e. The fourth-order valence-electron chi connectivity index (χ4n) is 3.13. The number of hydrogen-bond donors (Lipinski definition) is 1. The van der Waals surface area contributed by atoms with Gasteiger partial charge in [-0.1, -0.05) is 26.7 Å². The summed E-state index contributed by atoms with van der Waals surface area (Å²) in [6, 6.07) is 1.000. The van der Waals surface area contributed by atoms with Gasteiger partial charge in [-0.25, -0.2) is 4.98 Å². The lowest BCUT2D eigenvalue weighted by Crippen LogP contribution is -2.45. The monoisotopic (exact) mass is 266 g/mol. The highest BCUT2D eigenvalue weighted by molar-refractivity contribution is 7.11. The SMILES string of the molecule is Cc1nc(C(C)NC2CCCCC2(C)C)c(C)s1. The molecular formula is C15H26N2S. The molecule has 0 aromatic carbocycles. The van der Waals surface area contributed by atoms with Crippen LogP contribution in [-0.2, 0) is 0 Å². The fourth-order valence-corrected chi connectivity index (χ4v) is 4.04. The molecule has 2 atom stereocenters. The van der Waals surface area contributed by atoms with Crippen LogP contribution in [-0.4, -0.2) is 11.0 Å². The average Bonchev–Trinajstić information content (AvgIpc) is 2.61. The van der Waals surface area contributed by atoms with E-state index in [2.05, 4.69) is 44.9 Å². The van der Waals surface area contributed by atoms with Crippen molar-refractivity contribution in [2.45, 2.75) is 72.4 Å². The third kappa shape index (κ3) is 2.94. The van der Waals surface area contributed by atoms with E-state index in [1.165, 1.54) is 41.3 Å². The molecule has 1 aliphatic rings. The molecule has 1 N–H and O–H groups in total. The second-order valence-electron chi connectivity index (χ2n) is 6.35. The van der Waals surface area contributed by atoms with Crippen LogP contribution in [0.2, 0.25) is 0 Å². The van der Waals surface area contributed by atoms with Crippen molar-refractivity contribution in [1.82, 2.24) is 10.3 Å². The zero-order chi connectivity index (χ0) is 13.3. The topological polar surface area (TPSA) is 24.9 Å². The quantitative estimate of drug-likeness (QED) is 0.878. The molecule has 0 spiro atoms. The molecule has 0 aliphatic heterocycles. The molecule has 0 radical (unpaired) electrons. The van der Waals surface area contributed by atoms with Crippen molar-refractivity contribution >= 4 is 11.3 Å². The molecule has 1 fully saturated rings. The molecular weight excluding hydrogens is 240 g/mol. The molecule has 1 aromatic heterocycles. The normalized spacial score (nSPS) is 25.1. The van der Waals surface area contributed by atoms with Crippen molar-refractivity contribution in [2.24, 2.45) is 5.41 Å². The van der Waals surface area contributed by atoms with Crippen LogP contribution in [0.5, 0.6) is 0 Å². The predicted octanol–water partition coefficient (Wildman–Crippen LogP) is 4.38. The first-order valence-corrected chi connectivity index (χ1v) is 7.92. The van der Waals surface area contributed by atoms with Gasteiger partial charge in [0.15, 0.2) is 0 Å². The van der Waals surface area contributed by atoms with Gasteiger partial charge in [-0.15, -0.1) is 11.3 Å². The Labute approximate surface area is 115 Å². The van der Waals surface area contributed by atoms with Crippen LogP contribution in [0.3, 0.4) is 0 Å². The Morgan fingerprint density at radius 2 is 2.06 bits per heavy atom. The molecule has 2 unspecified atom stereocenters. The van der Waals surface area contributed by atoms with Crippen LogP contribution in [0.25, 0.3) is 0 Å². The Morgan fingerprint density at radius 1 is 1.33 bits per heavy atom. The van der Waals surface area contributed by atoms with E-state index in [0.717, 1.165) is 0 Å². The lowest BCUT2D eigenvalue weighted by molar-refractivity contribution is 0.157.